The van der Waals surface area contributed by atoms with Crippen molar-refractivity contribution in [3.8, 4) is 16.9 Å². The average Bonchev–Trinajstić information content (AvgIpc) is 3.02. The molecule has 29 heavy (non-hydrogen) atoms. The summed E-state index contributed by atoms with van der Waals surface area (Å²) in [6, 6.07) is 13.9. The number of hydrogen-bond acceptors (Lipinski definition) is 6. The van der Waals surface area contributed by atoms with Crippen LogP contribution in [0.1, 0.15) is 24.0 Å². The first-order valence-electron chi connectivity index (χ1n) is 9.84. The summed E-state index contributed by atoms with van der Waals surface area (Å²) in [6.07, 6.45) is -0.334. The molecule has 1 fully saturated rings. The number of alkyl halides is 1. The second kappa shape index (κ2) is 6.43. The van der Waals surface area contributed by atoms with Gasteiger partial charge >= 0.3 is 0 Å². The van der Waals surface area contributed by atoms with E-state index in [0.29, 0.717) is 30.8 Å². The third-order valence-electron chi connectivity index (χ3n) is 5.95. The van der Waals surface area contributed by atoms with E-state index in [0.717, 1.165) is 16.7 Å². The number of nitrogens with zero attached hydrogens (tertiary/aromatic N) is 2. The van der Waals surface area contributed by atoms with Crippen LogP contribution >= 0.6 is 0 Å². The fourth-order valence-electron chi connectivity index (χ4n) is 4.47. The first-order valence-corrected chi connectivity index (χ1v) is 9.84. The number of guanidine groups is 1. The van der Waals surface area contributed by atoms with Crippen LogP contribution in [0.3, 0.4) is 0 Å². The summed E-state index contributed by atoms with van der Waals surface area (Å²) in [6.45, 7) is 2.78. The molecule has 6 nitrogen and oxygen atoms in total. The number of aliphatic imine (C=N–C) groups is 1. The van der Waals surface area contributed by atoms with Gasteiger partial charge in [-0.05, 0) is 43.0 Å². The van der Waals surface area contributed by atoms with Gasteiger partial charge in [-0.25, -0.2) is 19.3 Å². The number of halogens is 1. The average molecular weight is 397 g/mol. The number of hydrogen-bond donors (Lipinski definition) is 1. The van der Waals surface area contributed by atoms with Crippen molar-refractivity contribution in [3.63, 3.8) is 0 Å². The fourth-order valence-corrected chi connectivity index (χ4v) is 4.47. The number of nitrogens with two attached hydrogens (primary N) is 1. The molecule has 0 saturated carbocycles. The van der Waals surface area contributed by atoms with Crippen LogP contribution in [0.25, 0.3) is 11.1 Å². The largest absolute Gasteiger partial charge is 0.481 e. The molecule has 5 rings (SSSR count). The third-order valence-corrected chi connectivity index (χ3v) is 5.95. The van der Waals surface area contributed by atoms with Gasteiger partial charge in [0.1, 0.15) is 5.75 Å². The molecule has 3 heterocycles. The summed E-state index contributed by atoms with van der Waals surface area (Å²) < 4.78 is 28.0. The normalized spacial score (nSPS) is 30.9. The quantitative estimate of drug-likeness (QED) is 0.800. The summed E-state index contributed by atoms with van der Waals surface area (Å²) in [4.78, 5) is 10.4. The lowest BCUT2D eigenvalue weighted by Gasteiger charge is -2.48. The van der Waals surface area contributed by atoms with Crippen molar-refractivity contribution in [3.05, 3.63) is 53.6 Å². The summed E-state index contributed by atoms with van der Waals surface area (Å²) in [5.74, 6) is 0.681. The van der Waals surface area contributed by atoms with Gasteiger partial charge in [-0.1, -0.05) is 35.9 Å². The van der Waals surface area contributed by atoms with Crippen LogP contribution in [0.5, 0.6) is 5.75 Å². The standard InChI is InChI=1S/C22H24FN3O3/c1-14-5-3-6-15(11-14)16-7-8-18-17(12-16)22(25-20(24)26(2)29-22)19(23)21(28-18)9-4-10-27-13-21/h3,5-8,11-12,19H,4,9-10,13H2,1-2H3,(H2,24,25). The first kappa shape index (κ1) is 18.4. The van der Waals surface area contributed by atoms with E-state index in [-0.39, 0.29) is 12.6 Å². The Hall–Kier alpha value is -2.64. The topological polar surface area (TPSA) is 69.3 Å². The smallest absolute Gasteiger partial charge is 0.252 e. The molecule has 2 spiro atoms. The maximum Gasteiger partial charge on any atom is 0.252 e. The van der Waals surface area contributed by atoms with Gasteiger partial charge in [-0.15, -0.1) is 0 Å². The Morgan fingerprint density at radius 2 is 2.03 bits per heavy atom. The molecule has 3 unspecified atom stereocenters. The van der Waals surface area contributed by atoms with E-state index in [9.17, 15) is 0 Å². The Morgan fingerprint density at radius 3 is 2.72 bits per heavy atom. The van der Waals surface area contributed by atoms with Gasteiger partial charge in [-0.2, -0.15) is 0 Å². The maximum absolute atomic E-state index is 16.2. The predicted octanol–water partition coefficient (Wildman–Crippen LogP) is 3.29. The molecule has 0 bridgehead atoms. The highest BCUT2D eigenvalue weighted by molar-refractivity contribution is 5.79. The van der Waals surface area contributed by atoms with Crippen molar-refractivity contribution < 1.29 is 18.7 Å². The lowest BCUT2D eigenvalue weighted by molar-refractivity contribution is -0.254. The van der Waals surface area contributed by atoms with Gasteiger partial charge in [-0.3, -0.25) is 0 Å². The minimum atomic E-state index is -1.59. The Kier molecular flexibility index (Phi) is 4.08. The second-order valence-electron chi connectivity index (χ2n) is 8.02. The van der Waals surface area contributed by atoms with E-state index < -0.39 is 17.5 Å². The summed E-state index contributed by atoms with van der Waals surface area (Å²) in [5, 5.41) is 1.32. The highest BCUT2D eigenvalue weighted by Gasteiger charge is 2.64. The number of benzene rings is 2. The highest BCUT2D eigenvalue weighted by Crippen LogP contribution is 2.53. The molecule has 0 radical (unpaired) electrons. The molecule has 3 atom stereocenters. The zero-order valence-corrected chi connectivity index (χ0v) is 16.5. The maximum atomic E-state index is 16.2. The van der Waals surface area contributed by atoms with E-state index in [1.54, 1.807) is 7.05 Å². The van der Waals surface area contributed by atoms with E-state index in [1.807, 2.05) is 43.3 Å². The second-order valence-corrected chi connectivity index (χ2v) is 8.02. The number of ether oxygens (including phenoxy) is 2. The van der Waals surface area contributed by atoms with Crippen LogP contribution in [-0.4, -0.2) is 43.1 Å². The van der Waals surface area contributed by atoms with Crippen molar-refractivity contribution >= 4 is 5.96 Å². The lowest BCUT2D eigenvalue weighted by Crippen LogP contribution is -2.62. The van der Waals surface area contributed by atoms with Gasteiger partial charge in [0.25, 0.3) is 5.72 Å². The van der Waals surface area contributed by atoms with Gasteiger partial charge in [0.15, 0.2) is 11.8 Å². The molecule has 152 valence electrons. The van der Waals surface area contributed by atoms with Crippen molar-refractivity contribution in [1.82, 2.24) is 5.06 Å². The summed E-state index contributed by atoms with van der Waals surface area (Å²) in [7, 11) is 1.63. The number of hydroxylamine groups is 2. The van der Waals surface area contributed by atoms with E-state index in [4.69, 9.17) is 20.0 Å². The zero-order chi connectivity index (χ0) is 20.2. The van der Waals surface area contributed by atoms with Gasteiger partial charge in [0, 0.05) is 13.7 Å². The van der Waals surface area contributed by atoms with E-state index in [1.165, 1.54) is 5.06 Å². The zero-order valence-electron chi connectivity index (χ0n) is 16.5. The van der Waals surface area contributed by atoms with Crippen LogP contribution in [0, 0.1) is 6.92 Å². The van der Waals surface area contributed by atoms with Crippen molar-refractivity contribution in [2.75, 3.05) is 20.3 Å². The monoisotopic (exact) mass is 397 g/mol. The van der Waals surface area contributed by atoms with Crippen LogP contribution in [0.4, 0.5) is 4.39 Å². The van der Waals surface area contributed by atoms with Crippen molar-refractivity contribution in [2.45, 2.75) is 37.3 Å². The molecule has 0 aliphatic carbocycles. The van der Waals surface area contributed by atoms with Crippen LogP contribution in [0.15, 0.2) is 47.5 Å². The van der Waals surface area contributed by atoms with Crippen molar-refractivity contribution in [2.24, 2.45) is 10.7 Å². The highest BCUT2D eigenvalue weighted by atomic mass is 19.1. The molecule has 2 aromatic carbocycles. The minimum Gasteiger partial charge on any atom is -0.481 e. The first-order chi connectivity index (χ1) is 13.9. The van der Waals surface area contributed by atoms with Gasteiger partial charge in [0.2, 0.25) is 5.96 Å². The molecule has 0 aromatic heterocycles. The minimum absolute atomic E-state index is 0.133. The summed E-state index contributed by atoms with van der Waals surface area (Å²) >= 11 is 0. The Bertz CT molecular complexity index is 989. The van der Waals surface area contributed by atoms with Crippen molar-refractivity contribution in [1.29, 1.82) is 0 Å². The molecule has 7 heteroatoms. The van der Waals surface area contributed by atoms with E-state index in [2.05, 4.69) is 11.1 Å². The Labute approximate surface area is 169 Å². The molecule has 3 aliphatic rings. The molecular formula is C22H24FN3O3. The third kappa shape index (κ3) is 2.72. The molecule has 2 aromatic rings. The molecule has 2 N–H and O–H groups in total. The van der Waals surface area contributed by atoms with Gasteiger partial charge in [0.05, 0.1) is 12.2 Å². The Morgan fingerprint density at radius 1 is 1.21 bits per heavy atom. The summed E-state index contributed by atoms with van der Waals surface area (Å²) in [5.41, 5.74) is 6.91. The van der Waals surface area contributed by atoms with Crippen LogP contribution in [-0.2, 0) is 15.3 Å². The predicted molar refractivity (Wildman–Crippen MR) is 107 cm³/mol. The number of fused-ring (bicyclic) bond motifs is 2. The molecule has 0 amide bonds. The van der Waals surface area contributed by atoms with Crippen LogP contribution < -0.4 is 10.5 Å². The number of aryl methyl sites for hydroxylation is 1. The molecular weight excluding hydrogens is 373 g/mol. The Balaban J connectivity index is 1.68. The number of rotatable bonds is 1. The van der Waals surface area contributed by atoms with Gasteiger partial charge < -0.3 is 15.2 Å². The van der Waals surface area contributed by atoms with Crippen LogP contribution in [0.2, 0.25) is 0 Å². The molecule has 3 aliphatic heterocycles. The SMILES string of the molecule is Cc1cccc(-c2ccc3c(c2)C2(N=C(N)N(C)O2)C(F)C2(CCCOC2)O3)c1. The van der Waals surface area contributed by atoms with E-state index >= 15 is 4.39 Å². The fraction of sp³-hybridized carbons (Fsp3) is 0.409. The molecule has 1 saturated heterocycles. The lowest BCUT2D eigenvalue weighted by atomic mass is 9.79.